The molecule has 3 heteroatoms. The van der Waals surface area contributed by atoms with E-state index in [4.69, 9.17) is 11.5 Å². The summed E-state index contributed by atoms with van der Waals surface area (Å²) in [6.45, 7) is 1.91. The van der Waals surface area contributed by atoms with Crippen molar-refractivity contribution in [3.05, 3.63) is 29.3 Å². The molecule has 0 bridgehead atoms. The largest absolute Gasteiger partial charge is 0.399 e. The van der Waals surface area contributed by atoms with Crippen molar-refractivity contribution in [2.24, 2.45) is 11.1 Å². The lowest BCUT2D eigenvalue weighted by Crippen LogP contribution is -2.34. The second-order valence-corrected chi connectivity index (χ2v) is 4.31. The molecule has 0 fully saturated rings. The maximum atomic E-state index is 11.3. The van der Waals surface area contributed by atoms with E-state index in [1.165, 1.54) is 5.56 Å². The van der Waals surface area contributed by atoms with Crippen molar-refractivity contribution in [1.29, 1.82) is 0 Å². The van der Waals surface area contributed by atoms with E-state index in [2.05, 4.69) is 0 Å². The number of nitrogens with two attached hydrogens (primary N) is 2. The minimum atomic E-state index is -0.421. The van der Waals surface area contributed by atoms with Crippen LogP contribution in [0.5, 0.6) is 0 Å². The number of nitrogen functional groups attached to an aromatic ring is 1. The summed E-state index contributed by atoms with van der Waals surface area (Å²) in [5.74, 6) is -0.229. The molecule has 1 amide bonds. The molecule has 14 heavy (non-hydrogen) atoms. The summed E-state index contributed by atoms with van der Waals surface area (Å²) in [6.07, 6.45) is 1.45. The van der Waals surface area contributed by atoms with E-state index in [-0.39, 0.29) is 5.91 Å². The first-order valence-corrected chi connectivity index (χ1v) is 4.68. The molecule has 1 aliphatic rings. The van der Waals surface area contributed by atoms with Gasteiger partial charge in [-0.3, -0.25) is 4.79 Å². The molecule has 74 valence electrons. The maximum absolute atomic E-state index is 11.3. The predicted molar refractivity (Wildman–Crippen MR) is 55.6 cm³/mol. The highest BCUT2D eigenvalue weighted by Gasteiger charge is 2.37. The minimum Gasteiger partial charge on any atom is -0.399 e. The molecule has 3 nitrogen and oxygen atoms in total. The third-order valence-corrected chi connectivity index (χ3v) is 2.99. The van der Waals surface area contributed by atoms with Crippen LogP contribution in [0.2, 0.25) is 0 Å². The number of anilines is 1. The lowest BCUT2D eigenvalue weighted by molar-refractivity contribution is -0.126. The van der Waals surface area contributed by atoms with Crippen LogP contribution in [0.15, 0.2) is 18.2 Å². The summed E-state index contributed by atoms with van der Waals surface area (Å²) in [5, 5.41) is 0. The van der Waals surface area contributed by atoms with Crippen LogP contribution in [-0.4, -0.2) is 5.91 Å². The monoisotopic (exact) mass is 190 g/mol. The van der Waals surface area contributed by atoms with E-state index in [0.717, 1.165) is 17.7 Å². The zero-order valence-electron chi connectivity index (χ0n) is 8.21. The zero-order chi connectivity index (χ0) is 10.3. The Morgan fingerprint density at radius 2 is 2.00 bits per heavy atom. The minimum absolute atomic E-state index is 0.229. The third kappa shape index (κ3) is 1.25. The van der Waals surface area contributed by atoms with Gasteiger partial charge >= 0.3 is 0 Å². The van der Waals surface area contributed by atoms with Gasteiger partial charge in [-0.1, -0.05) is 13.0 Å². The van der Waals surface area contributed by atoms with Crippen molar-refractivity contribution in [3.8, 4) is 0 Å². The van der Waals surface area contributed by atoms with Gasteiger partial charge < -0.3 is 11.5 Å². The van der Waals surface area contributed by atoms with Gasteiger partial charge in [0.1, 0.15) is 0 Å². The SMILES string of the molecule is CC1(C(N)=O)Cc2ccc(N)cc2C1. The molecule has 1 aliphatic carbocycles. The zero-order valence-corrected chi connectivity index (χ0v) is 8.21. The first-order chi connectivity index (χ1) is 6.51. The lowest BCUT2D eigenvalue weighted by atomic mass is 9.87. The van der Waals surface area contributed by atoms with Crippen LogP contribution in [0.1, 0.15) is 18.1 Å². The number of hydrogen-bond donors (Lipinski definition) is 2. The molecule has 1 atom stereocenters. The summed E-state index contributed by atoms with van der Waals surface area (Å²) < 4.78 is 0. The number of fused-ring (bicyclic) bond motifs is 1. The molecule has 1 aromatic carbocycles. The summed E-state index contributed by atoms with van der Waals surface area (Å²) in [7, 11) is 0. The summed E-state index contributed by atoms with van der Waals surface area (Å²) in [4.78, 5) is 11.3. The number of benzene rings is 1. The average Bonchev–Trinajstić information content (AvgIpc) is 2.42. The Balaban J connectivity index is 2.39. The maximum Gasteiger partial charge on any atom is 0.224 e. The van der Waals surface area contributed by atoms with Crippen LogP contribution in [0.25, 0.3) is 0 Å². The lowest BCUT2D eigenvalue weighted by Gasteiger charge is -2.17. The van der Waals surface area contributed by atoms with E-state index in [0.29, 0.717) is 6.42 Å². The van der Waals surface area contributed by atoms with Crippen LogP contribution in [-0.2, 0) is 17.6 Å². The molecule has 1 aromatic rings. The first-order valence-electron chi connectivity index (χ1n) is 4.68. The molecule has 2 rings (SSSR count). The van der Waals surface area contributed by atoms with E-state index >= 15 is 0 Å². The van der Waals surface area contributed by atoms with Crippen molar-refractivity contribution >= 4 is 11.6 Å². The Labute approximate surface area is 83.1 Å². The van der Waals surface area contributed by atoms with Gasteiger partial charge in [0.2, 0.25) is 5.91 Å². The van der Waals surface area contributed by atoms with E-state index in [9.17, 15) is 4.79 Å². The number of primary amides is 1. The fraction of sp³-hybridized carbons (Fsp3) is 0.364. The van der Waals surface area contributed by atoms with Crippen LogP contribution in [0.4, 0.5) is 5.69 Å². The number of rotatable bonds is 1. The van der Waals surface area contributed by atoms with Crippen LogP contribution >= 0.6 is 0 Å². The molecule has 0 heterocycles. The Hall–Kier alpha value is -1.51. The van der Waals surface area contributed by atoms with Gasteiger partial charge in [-0.15, -0.1) is 0 Å². The van der Waals surface area contributed by atoms with Crippen LogP contribution in [0.3, 0.4) is 0 Å². The molecule has 4 N–H and O–H groups in total. The van der Waals surface area contributed by atoms with Crippen molar-refractivity contribution in [2.75, 3.05) is 5.73 Å². The molecule has 0 spiro atoms. The molecule has 0 radical (unpaired) electrons. The van der Waals surface area contributed by atoms with E-state index in [1.807, 2.05) is 25.1 Å². The Morgan fingerprint density at radius 3 is 2.64 bits per heavy atom. The van der Waals surface area contributed by atoms with Crippen molar-refractivity contribution in [3.63, 3.8) is 0 Å². The molecular weight excluding hydrogens is 176 g/mol. The molecular formula is C11H14N2O. The quantitative estimate of drug-likeness (QED) is 0.645. The first kappa shape index (κ1) is 9.06. The van der Waals surface area contributed by atoms with Crippen LogP contribution in [0, 0.1) is 5.41 Å². The topological polar surface area (TPSA) is 69.1 Å². The Bertz CT molecular complexity index is 400. The fourth-order valence-electron chi connectivity index (χ4n) is 2.06. The third-order valence-electron chi connectivity index (χ3n) is 2.99. The molecule has 0 aromatic heterocycles. The van der Waals surface area contributed by atoms with Gasteiger partial charge in [0, 0.05) is 5.69 Å². The second kappa shape index (κ2) is 2.74. The second-order valence-electron chi connectivity index (χ2n) is 4.31. The Kier molecular flexibility index (Phi) is 1.77. The fourth-order valence-corrected chi connectivity index (χ4v) is 2.06. The average molecular weight is 190 g/mol. The predicted octanol–water partition coefficient (Wildman–Crippen LogP) is 0.859. The Morgan fingerprint density at radius 1 is 1.36 bits per heavy atom. The van der Waals surface area contributed by atoms with E-state index < -0.39 is 5.41 Å². The highest BCUT2D eigenvalue weighted by Crippen LogP contribution is 2.37. The van der Waals surface area contributed by atoms with Gasteiger partial charge in [-0.2, -0.15) is 0 Å². The van der Waals surface area contributed by atoms with E-state index in [1.54, 1.807) is 0 Å². The van der Waals surface area contributed by atoms with Crippen molar-refractivity contribution in [2.45, 2.75) is 19.8 Å². The summed E-state index contributed by atoms with van der Waals surface area (Å²) in [5.41, 5.74) is 13.7. The summed E-state index contributed by atoms with van der Waals surface area (Å²) in [6, 6.07) is 5.79. The number of carbonyl (C=O) groups is 1. The molecule has 0 saturated carbocycles. The smallest absolute Gasteiger partial charge is 0.224 e. The number of carbonyl (C=O) groups excluding carboxylic acids is 1. The normalized spacial score (nSPS) is 24.6. The van der Waals surface area contributed by atoms with Crippen molar-refractivity contribution < 1.29 is 4.79 Å². The van der Waals surface area contributed by atoms with Gasteiger partial charge in [-0.25, -0.2) is 0 Å². The summed E-state index contributed by atoms with van der Waals surface area (Å²) >= 11 is 0. The number of amides is 1. The molecule has 0 aliphatic heterocycles. The van der Waals surface area contributed by atoms with Crippen LogP contribution < -0.4 is 11.5 Å². The van der Waals surface area contributed by atoms with Gasteiger partial charge in [0.05, 0.1) is 5.41 Å². The standard InChI is InChI=1S/C11H14N2O/c1-11(10(13)14)5-7-2-3-9(12)4-8(7)6-11/h2-4H,5-6,12H2,1H3,(H2,13,14). The molecule has 0 saturated heterocycles. The number of hydrogen-bond acceptors (Lipinski definition) is 2. The van der Waals surface area contributed by atoms with Crippen molar-refractivity contribution in [1.82, 2.24) is 0 Å². The highest BCUT2D eigenvalue weighted by molar-refractivity contribution is 5.82. The van der Waals surface area contributed by atoms with Gasteiger partial charge in [-0.05, 0) is 36.1 Å². The molecule has 1 unspecified atom stereocenters. The van der Waals surface area contributed by atoms with Gasteiger partial charge in [0.15, 0.2) is 0 Å². The van der Waals surface area contributed by atoms with Gasteiger partial charge in [0.25, 0.3) is 0 Å². The highest BCUT2D eigenvalue weighted by atomic mass is 16.1.